The van der Waals surface area contributed by atoms with E-state index in [1.54, 1.807) is 0 Å². The van der Waals surface area contributed by atoms with Crippen LogP contribution in [0.15, 0.2) is 101 Å². The summed E-state index contributed by atoms with van der Waals surface area (Å²) in [5, 5.41) is -0.844. The van der Waals surface area contributed by atoms with Crippen LogP contribution in [0.25, 0.3) is 21.9 Å². The summed E-state index contributed by atoms with van der Waals surface area (Å²) in [6, 6.07) is 5.36. The highest BCUT2D eigenvalue weighted by Crippen LogP contribution is 2.49. The van der Waals surface area contributed by atoms with Crippen molar-refractivity contribution >= 4 is 56.1 Å². The molecule has 6 aromatic carbocycles. The lowest BCUT2D eigenvalue weighted by atomic mass is 10.0. The Labute approximate surface area is 357 Å². The van der Waals surface area contributed by atoms with Crippen LogP contribution in [0, 0.1) is 23.3 Å². The number of anilines is 6. The van der Waals surface area contributed by atoms with Gasteiger partial charge >= 0.3 is 37.1 Å². The van der Waals surface area contributed by atoms with Gasteiger partial charge in [0, 0.05) is 39.2 Å². The van der Waals surface area contributed by atoms with Crippen LogP contribution in [0.2, 0.25) is 0 Å². The van der Waals surface area contributed by atoms with E-state index in [4.69, 9.17) is 4.42 Å². The zero-order valence-corrected chi connectivity index (χ0v) is 31.9. The van der Waals surface area contributed by atoms with Crippen LogP contribution in [0.4, 0.5) is 131 Å². The first-order chi connectivity index (χ1) is 30.7. The molecule has 0 spiro atoms. The fourth-order valence-electron chi connectivity index (χ4n) is 6.89. The molecular formula is C42H16F22N2O. The molecule has 0 saturated carbocycles. The second-order valence-corrected chi connectivity index (χ2v) is 14.2. The van der Waals surface area contributed by atoms with Crippen LogP contribution in [-0.4, -0.2) is 0 Å². The maximum atomic E-state index is 15.7. The third-order valence-electron chi connectivity index (χ3n) is 9.81. The molecular weight excluding hydrogens is 966 g/mol. The van der Waals surface area contributed by atoms with Gasteiger partial charge in [0.2, 0.25) is 0 Å². The number of nitrogens with zero attached hydrogens (tertiary/aromatic N) is 2. The van der Waals surface area contributed by atoms with Gasteiger partial charge in [-0.1, -0.05) is 0 Å². The summed E-state index contributed by atoms with van der Waals surface area (Å²) in [7, 11) is 0. The topological polar surface area (TPSA) is 19.6 Å². The third kappa shape index (κ3) is 9.18. The molecule has 0 radical (unpaired) electrons. The monoisotopic (exact) mass is 982 g/mol. The van der Waals surface area contributed by atoms with E-state index in [0.717, 1.165) is 36.4 Å². The smallest absolute Gasteiger partial charge is 0.422 e. The van der Waals surface area contributed by atoms with Gasteiger partial charge in [0.15, 0.2) is 23.3 Å². The van der Waals surface area contributed by atoms with Crippen LogP contribution in [0.5, 0.6) is 0 Å². The number of hydrogen-bond acceptors (Lipinski definition) is 3. The van der Waals surface area contributed by atoms with Gasteiger partial charge in [-0.2, -0.15) is 79.0 Å². The minimum absolute atomic E-state index is 0.0358. The summed E-state index contributed by atoms with van der Waals surface area (Å²) in [5.41, 5.74) is -20.5. The number of hydrogen-bond donors (Lipinski definition) is 0. The van der Waals surface area contributed by atoms with Crippen molar-refractivity contribution in [2.24, 2.45) is 0 Å². The number of halogens is 22. The highest BCUT2D eigenvalue weighted by atomic mass is 19.4. The number of furan rings is 1. The lowest BCUT2D eigenvalue weighted by Gasteiger charge is -2.29. The van der Waals surface area contributed by atoms with Crippen molar-refractivity contribution in [1.82, 2.24) is 0 Å². The molecule has 7 aromatic rings. The summed E-state index contributed by atoms with van der Waals surface area (Å²) in [4.78, 5) is 0.248. The Bertz CT molecular complexity index is 2880. The molecule has 67 heavy (non-hydrogen) atoms. The fraction of sp³-hybridized carbons (Fsp3) is 0.143. The van der Waals surface area contributed by atoms with Crippen molar-refractivity contribution in [2.45, 2.75) is 37.1 Å². The average molecular weight is 983 g/mol. The highest BCUT2D eigenvalue weighted by Gasteiger charge is 2.44. The third-order valence-corrected chi connectivity index (χ3v) is 9.81. The van der Waals surface area contributed by atoms with Crippen LogP contribution in [0.3, 0.4) is 0 Å². The van der Waals surface area contributed by atoms with E-state index < -0.39 is 151 Å². The number of alkyl halides is 18. The second-order valence-electron chi connectivity index (χ2n) is 14.2. The van der Waals surface area contributed by atoms with E-state index in [1.807, 2.05) is 0 Å². The molecule has 7 rings (SSSR count). The Morgan fingerprint density at radius 2 is 0.627 bits per heavy atom. The highest BCUT2D eigenvalue weighted by molar-refractivity contribution is 6.08. The molecule has 1 aromatic heterocycles. The molecule has 0 aliphatic heterocycles. The number of rotatable bonds is 6. The minimum atomic E-state index is -6.06. The summed E-state index contributed by atoms with van der Waals surface area (Å²) in [5.74, 6) is -11.5. The molecule has 1 heterocycles. The average Bonchev–Trinajstić information content (AvgIpc) is 3.57. The van der Waals surface area contributed by atoms with Crippen molar-refractivity contribution in [3.05, 3.63) is 154 Å². The minimum Gasteiger partial charge on any atom is -0.456 e. The SMILES string of the molecule is Fc1c(F)c(C(F)(F)F)c(F)c(F)c1N(c1ccc(C(F)(F)F)cc1)c1ccc2oc3ccc(N(c4cc(C(F)(F)F)cc(C(F)(F)F)c4)c4cc(C(F)(F)F)cc(C(F)(F)F)c4)cc3c2c1. The van der Waals surface area contributed by atoms with Gasteiger partial charge in [-0.25, -0.2) is 17.6 Å². The molecule has 0 saturated heterocycles. The molecule has 0 aliphatic carbocycles. The molecule has 0 unspecified atom stereocenters. The maximum Gasteiger partial charge on any atom is 0.422 e. The Kier molecular flexibility index (Phi) is 11.4. The van der Waals surface area contributed by atoms with E-state index in [2.05, 4.69) is 0 Å². The van der Waals surface area contributed by atoms with E-state index >= 15 is 17.6 Å². The maximum absolute atomic E-state index is 15.7. The molecule has 0 aliphatic rings. The van der Waals surface area contributed by atoms with Crippen LogP contribution < -0.4 is 9.80 Å². The Morgan fingerprint density at radius 1 is 0.299 bits per heavy atom. The molecule has 0 bridgehead atoms. The van der Waals surface area contributed by atoms with Gasteiger partial charge in [0.1, 0.15) is 22.4 Å². The van der Waals surface area contributed by atoms with Crippen molar-refractivity contribution in [1.29, 1.82) is 0 Å². The normalized spacial score (nSPS) is 13.2. The van der Waals surface area contributed by atoms with Crippen molar-refractivity contribution in [3.8, 4) is 0 Å². The number of benzene rings is 6. The Morgan fingerprint density at radius 3 is 0.955 bits per heavy atom. The van der Waals surface area contributed by atoms with Crippen molar-refractivity contribution < 1.29 is 101 Å². The van der Waals surface area contributed by atoms with Gasteiger partial charge in [0.25, 0.3) is 0 Å². The van der Waals surface area contributed by atoms with Crippen molar-refractivity contribution in [2.75, 3.05) is 9.80 Å². The second kappa shape index (κ2) is 15.9. The van der Waals surface area contributed by atoms with Gasteiger partial charge in [-0.05, 0) is 97.1 Å². The molecule has 3 nitrogen and oxygen atoms in total. The summed E-state index contributed by atoms with van der Waals surface area (Å²) in [6.07, 6.45) is -33.6. The van der Waals surface area contributed by atoms with Gasteiger partial charge in [-0.3, -0.25) is 0 Å². The zero-order valence-electron chi connectivity index (χ0n) is 31.9. The van der Waals surface area contributed by atoms with E-state index in [9.17, 15) is 79.0 Å². The lowest BCUT2D eigenvalue weighted by molar-refractivity contribution is -0.144. The Hall–Kier alpha value is -6.82. The first kappa shape index (κ1) is 48.1. The van der Waals surface area contributed by atoms with Crippen LogP contribution in [0.1, 0.15) is 33.4 Å². The summed E-state index contributed by atoms with van der Waals surface area (Å²) in [6.45, 7) is 0. The molecule has 0 fully saturated rings. The molecule has 25 heteroatoms. The number of fused-ring (bicyclic) bond motifs is 3. The first-order valence-corrected chi connectivity index (χ1v) is 17.9. The van der Waals surface area contributed by atoms with E-state index in [0.29, 0.717) is 12.1 Å². The van der Waals surface area contributed by atoms with Crippen molar-refractivity contribution in [3.63, 3.8) is 0 Å². The van der Waals surface area contributed by atoms with Gasteiger partial charge in [-0.15, -0.1) is 0 Å². The predicted molar refractivity (Wildman–Crippen MR) is 193 cm³/mol. The molecule has 0 N–H and O–H groups in total. The molecule has 354 valence electrons. The Balaban J connectivity index is 1.54. The van der Waals surface area contributed by atoms with Crippen LogP contribution >= 0.6 is 0 Å². The lowest BCUT2D eigenvalue weighted by Crippen LogP contribution is -2.21. The largest absolute Gasteiger partial charge is 0.456 e. The molecule has 0 amide bonds. The molecule has 0 atom stereocenters. The van der Waals surface area contributed by atoms with Crippen LogP contribution in [-0.2, 0) is 37.1 Å². The zero-order chi connectivity index (χ0) is 49.7. The first-order valence-electron chi connectivity index (χ1n) is 17.9. The van der Waals surface area contributed by atoms with Gasteiger partial charge in [0.05, 0.1) is 27.8 Å². The standard InChI is InChI=1S/C42H16F22N2O/c43-32-31(42(62,63)64)33(44)35(46)36(34(32)45)66(22-3-1-17(2-4-22)37(47,48)49)24-6-8-30-28(16-24)27-15-23(5-7-29(27)67-30)65(25-11-18(38(50,51)52)9-19(12-25)39(53,54)55)26-13-20(40(56,57)58)10-21(14-26)41(59,60)61/h1-16H. The fourth-order valence-corrected chi connectivity index (χ4v) is 6.89. The quantitative estimate of drug-likeness (QED) is 0.122. The summed E-state index contributed by atoms with van der Waals surface area (Å²) < 4.78 is 317. The van der Waals surface area contributed by atoms with E-state index in [-0.39, 0.29) is 57.4 Å². The van der Waals surface area contributed by atoms with E-state index in [1.165, 1.54) is 0 Å². The predicted octanol–water partition coefficient (Wildman–Crippen LogP) is 17.2. The van der Waals surface area contributed by atoms with Gasteiger partial charge < -0.3 is 14.2 Å². The summed E-state index contributed by atoms with van der Waals surface area (Å²) >= 11 is 0.